The smallest absolute Gasteiger partial charge is 0.198 e. The lowest BCUT2D eigenvalue weighted by Gasteiger charge is -2.11. The molecule has 0 aliphatic heterocycles. The van der Waals surface area contributed by atoms with Gasteiger partial charge in [0.1, 0.15) is 0 Å². The van der Waals surface area contributed by atoms with Crippen LogP contribution in [-0.4, -0.2) is 6.26 Å². The van der Waals surface area contributed by atoms with Gasteiger partial charge in [-0.1, -0.05) is 0 Å². The maximum atomic E-state index is 12.5. The van der Waals surface area contributed by atoms with E-state index in [9.17, 15) is 13.2 Å². The van der Waals surface area contributed by atoms with Gasteiger partial charge in [-0.25, -0.2) is 0 Å². The number of thioether (sulfide) groups is 1. The molecule has 0 aliphatic rings. The fraction of sp³-hybridized carbons (Fsp3) is 0.300. The molecule has 1 aromatic rings. The van der Waals surface area contributed by atoms with Crippen LogP contribution in [0.5, 0.6) is 0 Å². The largest absolute Gasteiger partial charge is 0.416 e. The molecule has 5 heteroatoms. The zero-order chi connectivity index (χ0) is 11.5. The highest BCUT2D eigenvalue weighted by atomic mass is 32.2. The Kier molecular flexibility index (Phi) is 3.64. The van der Waals surface area contributed by atoms with Crippen LogP contribution >= 0.6 is 11.8 Å². The van der Waals surface area contributed by atoms with Crippen molar-refractivity contribution in [1.82, 2.24) is 0 Å². The fourth-order valence-corrected chi connectivity index (χ4v) is 1.67. The summed E-state index contributed by atoms with van der Waals surface area (Å²) in [5.41, 5.74) is -0.682. The lowest BCUT2D eigenvalue weighted by molar-refractivity contribution is -0.138. The van der Waals surface area contributed by atoms with Crippen molar-refractivity contribution in [2.24, 2.45) is 0 Å². The minimum absolute atomic E-state index is 0.0388. The van der Waals surface area contributed by atoms with Crippen LogP contribution in [0.2, 0.25) is 0 Å². The predicted octanol–water partition coefficient (Wildman–Crippen LogP) is 3.49. The van der Waals surface area contributed by atoms with E-state index in [0.29, 0.717) is 0 Å². The molecule has 0 aliphatic carbocycles. The quantitative estimate of drug-likeness (QED) is 0.727. The first kappa shape index (κ1) is 11.9. The molecule has 0 radical (unpaired) electrons. The van der Waals surface area contributed by atoms with Gasteiger partial charge in [-0.3, -0.25) is 0 Å². The van der Waals surface area contributed by atoms with Gasteiger partial charge in [-0.15, -0.1) is 11.8 Å². The lowest BCUT2D eigenvalue weighted by atomic mass is 10.1. The predicted molar refractivity (Wildman–Crippen MR) is 52.5 cm³/mol. The Balaban J connectivity index is 3.22. The molecule has 0 atom stereocenters. The highest BCUT2D eigenvalue weighted by Crippen LogP contribution is 2.33. The van der Waals surface area contributed by atoms with Gasteiger partial charge < -0.3 is 0 Å². The Morgan fingerprint density at radius 2 is 2.07 bits per heavy atom. The van der Waals surface area contributed by atoms with Crippen LogP contribution in [0.1, 0.15) is 11.1 Å². The van der Waals surface area contributed by atoms with Crippen molar-refractivity contribution in [3.8, 4) is 6.07 Å². The van der Waals surface area contributed by atoms with E-state index in [1.165, 1.54) is 23.9 Å². The summed E-state index contributed by atoms with van der Waals surface area (Å²) in [7, 11) is 0. The standard InChI is InChI=1S/C10H8F3NS/c1-15-8-2-3-9(10(11,12)13)7(6-8)4-5-14/h2-3,6H,4H2,1H3. The molecule has 0 spiro atoms. The van der Waals surface area contributed by atoms with E-state index in [1.807, 2.05) is 0 Å². The molecule has 0 amide bonds. The van der Waals surface area contributed by atoms with Crippen LogP contribution in [0.3, 0.4) is 0 Å². The second-order valence-electron chi connectivity index (χ2n) is 2.86. The zero-order valence-electron chi connectivity index (χ0n) is 7.93. The Morgan fingerprint density at radius 3 is 2.53 bits per heavy atom. The molecule has 0 unspecified atom stereocenters. The van der Waals surface area contributed by atoms with Crippen molar-refractivity contribution >= 4 is 11.8 Å². The molecule has 0 saturated heterocycles. The maximum absolute atomic E-state index is 12.5. The van der Waals surface area contributed by atoms with Crippen LogP contribution in [0.15, 0.2) is 23.1 Å². The molecule has 0 heterocycles. The first-order valence-corrected chi connectivity index (χ1v) is 5.32. The van der Waals surface area contributed by atoms with Gasteiger partial charge in [0.25, 0.3) is 0 Å². The van der Waals surface area contributed by atoms with E-state index >= 15 is 0 Å². The van der Waals surface area contributed by atoms with Gasteiger partial charge in [0.05, 0.1) is 18.1 Å². The second-order valence-corrected chi connectivity index (χ2v) is 3.74. The van der Waals surface area contributed by atoms with Crippen molar-refractivity contribution < 1.29 is 13.2 Å². The molecular weight excluding hydrogens is 223 g/mol. The fourth-order valence-electron chi connectivity index (χ4n) is 1.21. The molecule has 80 valence electrons. The van der Waals surface area contributed by atoms with Gasteiger partial charge in [0.15, 0.2) is 0 Å². The average molecular weight is 231 g/mol. The molecule has 0 saturated carbocycles. The Morgan fingerprint density at radius 1 is 1.40 bits per heavy atom. The van der Waals surface area contributed by atoms with Crippen LogP contribution in [0, 0.1) is 11.3 Å². The molecule has 0 N–H and O–H groups in total. The summed E-state index contributed by atoms with van der Waals surface area (Å²) in [5.74, 6) is 0. The van der Waals surface area contributed by atoms with E-state index in [4.69, 9.17) is 5.26 Å². The lowest BCUT2D eigenvalue weighted by Crippen LogP contribution is -2.08. The minimum atomic E-state index is -4.39. The summed E-state index contributed by atoms with van der Waals surface area (Å²) in [4.78, 5) is 0.730. The topological polar surface area (TPSA) is 23.8 Å². The third kappa shape index (κ3) is 2.90. The zero-order valence-corrected chi connectivity index (χ0v) is 8.75. The van der Waals surface area contributed by atoms with Crippen molar-refractivity contribution in [1.29, 1.82) is 5.26 Å². The van der Waals surface area contributed by atoms with E-state index in [2.05, 4.69) is 0 Å². The van der Waals surface area contributed by atoms with E-state index < -0.39 is 11.7 Å². The summed E-state index contributed by atoms with van der Waals surface area (Å²) in [5, 5.41) is 8.45. The minimum Gasteiger partial charge on any atom is -0.198 e. The molecule has 0 fully saturated rings. The van der Waals surface area contributed by atoms with E-state index in [0.717, 1.165) is 11.0 Å². The second kappa shape index (κ2) is 4.58. The third-order valence-corrected chi connectivity index (χ3v) is 2.61. The normalized spacial score (nSPS) is 11.1. The van der Waals surface area contributed by atoms with Gasteiger partial charge in [-0.05, 0) is 30.0 Å². The van der Waals surface area contributed by atoms with Crippen LogP contribution < -0.4 is 0 Å². The number of hydrogen-bond acceptors (Lipinski definition) is 2. The number of nitrogens with zero attached hydrogens (tertiary/aromatic N) is 1. The summed E-state index contributed by atoms with van der Waals surface area (Å²) in [6, 6.07) is 5.59. The SMILES string of the molecule is CSc1ccc(C(F)(F)F)c(CC#N)c1. The molecule has 0 aromatic heterocycles. The van der Waals surface area contributed by atoms with Gasteiger partial charge >= 0.3 is 6.18 Å². The number of halogens is 3. The van der Waals surface area contributed by atoms with E-state index in [-0.39, 0.29) is 12.0 Å². The monoisotopic (exact) mass is 231 g/mol. The molecule has 0 bridgehead atoms. The maximum Gasteiger partial charge on any atom is 0.416 e. The Hall–Kier alpha value is -1.15. The van der Waals surface area contributed by atoms with Gasteiger partial charge in [0, 0.05) is 4.90 Å². The van der Waals surface area contributed by atoms with E-state index in [1.54, 1.807) is 12.3 Å². The van der Waals surface area contributed by atoms with Crippen molar-refractivity contribution in [3.63, 3.8) is 0 Å². The van der Waals surface area contributed by atoms with Crippen LogP contribution in [-0.2, 0) is 12.6 Å². The summed E-state index contributed by atoms with van der Waals surface area (Å²) in [6.07, 6.45) is -2.83. The van der Waals surface area contributed by atoms with Gasteiger partial charge in [0.2, 0.25) is 0 Å². The third-order valence-electron chi connectivity index (χ3n) is 1.89. The molecule has 1 aromatic carbocycles. The average Bonchev–Trinajstić information content (AvgIpc) is 2.16. The van der Waals surface area contributed by atoms with Gasteiger partial charge in [-0.2, -0.15) is 18.4 Å². The van der Waals surface area contributed by atoms with Crippen LogP contribution in [0.4, 0.5) is 13.2 Å². The highest BCUT2D eigenvalue weighted by Gasteiger charge is 2.33. The number of benzene rings is 1. The molecule has 1 nitrogen and oxygen atoms in total. The number of alkyl halides is 3. The number of nitriles is 1. The number of hydrogen-bond donors (Lipinski definition) is 0. The van der Waals surface area contributed by atoms with Crippen molar-refractivity contribution in [2.75, 3.05) is 6.26 Å². The summed E-state index contributed by atoms with van der Waals surface area (Å²) < 4.78 is 37.5. The summed E-state index contributed by atoms with van der Waals surface area (Å²) in [6.45, 7) is 0. The van der Waals surface area contributed by atoms with Crippen molar-refractivity contribution in [2.45, 2.75) is 17.5 Å². The molecule has 15 heavy (non-hydrogen) atoms. The van der Waals surface area contributed by atoms with Crippen molar-refractivity contribution in [3.05, 3.63) is 29.3 Å². The summed E-state index contributed by atoms with van der Waals surface area (Å²) >= 11 is 1.35. The highest BCUT2D eigenvalue weighted by molar-refractivity contribution is 7.98. The number of rotatable bonds is 2. The Labute approximate surface area is 89.9 Å². The molecular formula is C10H8F3NS. The first-order chi connectivity index (χ1) is 6.99. The first-order valence-electron chi connectivity index (χ1n) is 4.10. The molecule has 1 rings (SSSR count). The van der Waals surface area contributed by atoms with Crippen LogP contribution in [0.25, 0.3) is 0 Å². The Bertz CT molecular complexity index is 393.